The van der Waals surface area contributed by atoms with Gasteiger partial charge >= 0.3 is 5.97 Å². The van der Waals surface area contributed by atoms with Gasteiger partial charge in [-0.05, 0) is 67.9 Å². The summed E-state index contributed by atoms with van der Waals surface area (Å²) in [6.45, 7) is 3.43. The van der Waals surface area contributed by atoms with Gasteiger partial charge < -0.3 is 9.47 Å². The molecule has 9 heteroatoms. The Balaban J connectivity index is 1.49. The Hall–Kier alpha value is -4.53. The van der Waals surface area contributed by atoms with Crippen LogP contribution in [0.25, 0.3) is 0 Å². The number of esters is 1. The molecule has 0 aromatic heterocycles. The molecule has 1 N–H and O–H groups in total. The molecule has 1 amide bonds. The van der Waals surface area contributed by atoms with Crippen molar-refractivity contribution in [2.24, 2.45) is 5.10 Å². The first-order valence-electron chi connectivity index (χ1n) is 9.95. The number of hydrazone groups is 1. The highest BCUT2D eigenvalue weighted by Gasteiger charge is 2.15. The fourth-order valence-corrected chi connectivity index (χ4v) is 2.73. The highest BCUT2D eigenvalue weighted by atomic mass is 16.6. The van der Waals surface area contributed by atoms with Crippen molar-refractivity contribution in [3.8, 4) is 11.5 Å². The number of carbonyl (C=O) groups excluding carboxylic acids is 2. The first-order chi connectivity index (χ1) is 15.8. The fraction of sp³-hybridized carbons (Fsp3) is 0.125. The minimum absolute atomic E-state index is 0.0694. The number of nitro groups is 1. The third-order valence-corrected chi connectivity index (χ3v) is 4.46. The number of aryl methyl sites for hydroxylation is 1. The molecular weight excluding hydrogens is 426 g/mol. The molecule has 0 aliphatic rings. The Morgan fingerprint density at radius 1 is 1.03 bits per heavy atom. The van der Waals surface area contributed by atoms with Crippen molar-refractivity contribution in [1.82, 2.24) is 5.43 Å². The number of carbonyl (C=O) groups is 2. The summed E-state index contributed by atoms with van der Waals surface area (Å²) < 4.78 is 10.8. The van der Waals surface area contributed by atoms with E-state index in [2.05, 4.69) is 10.5 Å². The Bertz CT molecular complexity index is 1170. The van der Waals surface area contributed by atoms with E-state index in [9.17, 15) is 19.7 Å². The van der Waals surface area contributed by atoms with Crippen LogP contribution in [0.2, 0.25) is 0 Å². The number of ether oxygens (including phenoxy) is 2. The molecule has 3 rings (SSSR count). The first-order valence-corrected chi connectivity index (χ1v) is 9.95. The Morgan fingerprint density at radius 3 is 2.33 bits per heavy atom. The topological polar surface area (TPSA) is 120 Å². The number of amides is 1. The number of rotatable bonds is 8. The maximum Gasteiger partial charge on any atom is 0.343 e. The molecular formula is C24H21N3O6. The van der Waals surface area contributed by atoms with Gasteiger partial charge in [0.1, 0.15) is 11.5 Å². The molecule has 1 unspecified atom stereocenters. The SMILES string of the molecule is Cc1cccc(C(=O)Oc2ccc(C=NNC(=O)C(C)Oc3ccc([N+](=O)[O-])cc3)cc2)c1. The number of benzene rings is 3. The molecule has 0 fully saturated rings. The van der Waals surface area contributed by atoms with Gasteiger partial charge in [0.05, 0.1) is 16.7 Å². The lowest BCUT2D eigenvalue weighted by Crippen LogP contribution is -2.33. The van der Waals surface area contributed by atoms with Gasteiger partial charge in [-0.2, -0.15) is 5.10 Å². The Morgan fingerprint density at radius 2 is 1.70 bits per heavy atom. The third-order valence-electron chi connectivity index (χ3n) is 4.46. The van der Waals surface area contributed by atoms with Crippen molar-refractivity contribution in [1.29, 1.82) is 0 Å². The Labute approximate surface area is 189 Å². The van der Waals surface area contributed by atoms with Crippen molar-refractivity contribution in [3.63, 3.8) is 0 Å². The van der Waals surface area contributed by atoms with E-state index >= 15 is 0 Å². The zero-order valence-electron chi connectivity index (χ0n) is 17.9. The molecule has 1 atom stereocenters. The van der Waals surface area contributed by atoms with Crippen LogP contribution in [-0.4, -0.2) is 29.1 Å². The van der Waals surface area contributed by atoms with Gasteiger partial charge in [0.15, 0.2) is 6.10 Å². The lowest BCUT2D eigenvalue weighted by atomic mass is 10.1. The summed E-state index contributed by atoms with van der Waals surface area (Å²) in [5.74, 6) is -0.237. The summed E-state index contributed by atoms with van der Waals surface area (Å²) in [6, 6.07) is 19.1. The number of hydrogen-bond donors (Lipinski definition) is 1. The second-order valence-corrected chi connectivity index (χ2v) is 7.07. The first kappa shape index (κ1) is 23.1. The van der Waals surface area contributed by atoms with Crippen molar-refractivity contribution in [2.45, 2.75) is 20.0 Å². The van der Waals surface area contributed by atoms with Crippen LogP contribution in [-0.2, 0) is 4.79 Å². The number of hydrogen-bond acceptors (Lipinski definition) is 7. The van der Waals surface area contributed by atoms with Gasteiger partial charge in [-0.25, -0.2) is 10.2 Å². The number of nitrogens with one attached hydrogen (secondary N) is 1. The predicted octanol–water partition coefficient (Wildman–Crippen LogP) is 4.04. The van der Waals surface area contributed by atoms with Gasteiger partial charge in [-0.3, -0.25) is 14.9 Å². The number of nitrogens with zero attached hydrogens (tertiary/aromatic N) is 2. The van der Waals surface area contributed by atoms with Crippen LogP contribution in [0.5, 0.6) is 11.5 Å². The van der Waals surface area contributed by atoms with Crippen molar-refractivity contribution >= 4 is 23.8 Å². The van der Waals surface area contributed by atoms with E-state index in [0.29, 0.717) is 22.6 Å². The molecule has 0 bridgehead atoms. The molecule has 9 nitrogen and oxygen atoms in total. The van der Waals surface area contributed by atoms with Crippen LogP contribution in [0.4, 0.5) is 5.69 Å². The predicted molar refractivity (Wildman–Crippen MR) is 122 cm³/mol. The van der Waals surface area contributed by atoms with Crippen LogP contribution in [0.15, 0.2) is 77.9 Å². The average molecular weight is 447 g/mol. The van der Waals surface area contributed by atoms with Gasteiger partial charge in [0.2, 0.25) is 0 Å². The average Bonchev–Trinajstić information content (AvgIpc) is 2.80. The van der Waals surface area contributed by atoms with Crippen molar-refractivity contribution < 1.29 is 24.0 Å². The van der Waals surface area contributed by atoms with Gasteiger partial charge in [-0.1, -0.05) is 17.7 Å². The quantitative estimate of drug-likeness (QED) is 0.183. The largest absolute Gasteiger partial charge is 0.481 e. The smallest absolute Gasteiger partial charge is 0.343 e. The molecule has 0 aliphatic heterocycles. The highest BCUT2D eigenvalue weighted by molar-refractivity contribution is 5.91. The van der Waals surface area contributed by atoms with E-state index in [1.54, 1.807) is 42.5 Å². The van der Waals surface area contributed by atoms with Crippen molar-refractivity contribution in [2.75, 3.05) is 0 Å². The molecule has 3 aromatic carbocycles. The van der Waals surface area contributed by atoms with Crippen LogP contribution in [0.1, 0.15) is 28.4 Å². The number of non-ortho nitro benzene ring substituents is 1. The van der Waals surface area contributed by atoms with E-state index < -0.39 is 22.9 Å². The van der Waals surface area contributed by atoms with Crippen LogP contribution in [0, 0.1) is 17.0 Å². The maximum atomic E-state index is 12.2. The minimum atomic E-state index is -0.869. The maximum absolute atomic E-state index is 12.2. The normalized spacial score (nSPS) is 11.6. The van der Waals surface area contributed by atoms with Crippen molar-refractivity contribution in [3.05, 3.63) is 99.6 Å². The van der Waals surface area contributed by atoms with E-state index in [4.69, 9.17) is 9.47 Å². The second kappa shape index (κ2) is 10.7. The van der Waals surface area contributed by atoms with Gasteiger partial charge in [0, 0.05) is 12.1 Å². The zero-order chi connectivity index (χ0) is 23.8. The van der Waals surface area contributed by atoms with E-state index in [-0.39, 0.29) is 5.69 Å². The Kier molecular flexibility index (Phi) is 7.48. The summed E-state index contributed by atoms with van der Waals surface area (Å²) in [6.07, 6.45) is 0.565. The van der Waals surface area contributed by atoms with Gasteiger partial charge in [0.25, 0.3) is 11.6 Å². The van der Waals surface area contributed by atoms with Crippen LogP contribution in [0.3, 0.4) is 0 Å². The lowest BCUT2D eigenvalue weighted by molar-refractivity contribution is -0.384. The molecule has 0 saturated carbocycles. The molecule has 0 saturated heterocycles. The van der Waals surface area contributed by atoms with E-state index in [1.165, 1.54) is 37.4 Å². The monoisotopic (exact) mass is 447 g/mol. The lowest BCUT2D eigenvalue weighted by Gasteiger charge is -2.12. The molecule has 0 spiro atoms. The van der Waals surface area contributed by atoms with Gasteiger partial charge in [-0.15, -0.1) is 0 Å². The summed E-state index contributed by atoms with van der Waals surface area (Å²) in [5.41, 5.74) is 4.40. The van der Waals surface area contributed by atoms with E-state index in [0.717, 1.165) is 5.56 Å². The molecule has 0 heterocycles. The molecule has 0 radical (unpaired) electrons. The molecule has 168 valence electrons. The zero-order valence-corrected chi connectivity index (χ0v) is 17.9. The summed E-state index contributed by atoms with van der Waals surface area (Å²) in [5, 5.41) is 14.6. The highest BCUT2D eigenvalue weighted by Crippen LogP contribution is 2.18. The fourth-order valence-electron chi connectivity index (χ4n) is 2.73. The summed E-state index contributed by atoms with van der Waals surface area (Å²) in [7, 11) is 0. The minimum Gasteiger partial charge on any atom is -0.481 e. The third kappa shape index (κ3) is 6.73. The summed E-state index contributed by atoms with van der Waals surface area (Å²) in [4.78, 5) is 34.5. The van der Waals surface area contributed by atoms with E-state index in [1.807, 2.05) is 13.0 Å². The van der Waals surface area contributed by atoms with Crippen LogP contribution >= 0.6 is 0 Å². The van der Waals surface area contributed by atoms with Crippen LogP contribution < -0.4 is 14.9 Å². The molecule has 3 aromatic rings. The summed E-state index contributed by atoms with van der Waals surface area (Å²) >= 11 is 0. The number of nitro benzene ring substituents is 1. The standard InChI is InChI=1S/C24H21N3O6/c1-16-4-3-5-19(14-16)24(29)33-22-10-6-18(7-11-22)15-25-26-23(28)17(2)32-21-12-8-20(9-13-21)27(30)31/h3-15,17H,1-2H3,(H,26,28). The molecule has 0 aliphatic carbocycles. The molecule has 33 heavy (non-hydrogen) atoms. The second-order valence-electron chi connectivity index (χ2n) is 7.07.